The van der Waals surface area contributed by atoms with Crippen molar-refractivity contribution in [1.82, 2.24) is 10.2 Å². The molecule has 0 aliphatic carbocycles. The molecule has 0 aromatic heterocycles. The van der Waals surface area contributed by atoms with Gasteiger partial charge in [0.1, 0.15) is 0 Å². The number of ether oxygens (including phenoxy) is 1. The van der Waals surface area contributed by atoms with Crippen LogP contribution in [0.15, 0.2) is 24.3 Å². The number of piperidine rings is 1. The van der Waals surface area contributed by atoms with Gasteiger partial charge >= 0.3 is 5.97 Å². The van der Waals surface area contributed by atoms with E-state index >= 15 is 0 Å². The van der Waals surface area contributed by atoms with Crippen molar-refractivity contribution in [3.63, 3.8) is 0 Å². The number of likely N-dealkylation sites (tertiary alicyclic amines) is 1. The van der Waals surface area contributed by atoms with Crippen LogP contribution in [0.1, 0.15) is 25.3 Å². The van der Waals surface area contributed by atoms with Crippen LogP contribution in [0, 0.1) is 5.92 Å². The normalized spacial score (nSPS) is 18.2. The Bertz CT molecular complexity index is 565. The lowest BCUT2D eigenvalue weighted by Crippen LogP contribution is -2.44. The number of amides is 1. The van der Waals surface area contributed by atoms with Crippen LogP contribution in [0.2, 0.25) is 5.02 Å². The van der Waals surface area contributed by atoms with Gasteiger partial charge in [-0.05, 0) is 50.4 Å². The third-order valence-electron chi connectivity index (χ3n) is 4.12. The third kappa shape index (κ3) is 6.13. The van der Waals surface area contributed by atoms with Crippen molar-refractivity contribution in [2.24, 2.45) is 5.92 Å². The summed E-state index contributed by atoms with van der Waals surface area (Å²) in [4.78, 5) is 25.9. The van der Waals surface area contributed by atoms with Crippen LogP contribution in [0.25, 0.3) is 0 Å². The van der Waals surface area contributed by atoms with Crippen molar-refractivity contribution >= 4 is 23.5 Å². The zero-order valence-electron chi connectivity index (χ0n) is 14.1. The number of benzene rings is 1. The third-order valence-corrected chi connectivity index (χ3v) is 4.35. The fourth-order valence-corrected chi connectivity index (χ4v) is 3.16. The highest BCUT2D eigenvalue weighted by Crippen LogP contribution is 2.17. The highest BCUT2D eigenvalue weighted by atomic mass is 35.5. The molecule has 1 amide bonds. The van der Waals surface area contributed by atoms with Crippen molar-refractivity contribution < 1.29 is 14.3 Å². The molecule has 1 atom stereocenters. The number of rotatable bonds is 7. The van der Waals surface area contributed by atoms with E-state index in [9.17, 15) is 9.59 Å². The second-order valence-electron chi connectivity index (χ2n) is 6.06. The fraction of sp³-hybridized carbons (Fsp3) is 0.556. The van der Waals surface area contributed by atoms with Crippen LogP contribution >= 0.6 is 11.6 Å². The standard InChI is InChI=1S/C18H25ClN2O3/c1-2-24-18(23)15-6-4-10-21(12-15)13-17(22)20-9-8-14-5-3-7-16(19)11-14/h3,5,7,11,15H,2,4,6,8-10,12-13H2,1H3,(H,20,22)/t15-/m0/s1. The zero-order chi connectivity index (χ0) is 17.4. The molecular formula is C18H25ClN2O3. The van der Waals surface area contributed by atoms with Gasteiger partial charge in [-0.25, -0.2) is 0 Å². The first-order valence-corrected chi connectivity index (χ1v) is 8.86. The maximum Gasteiger partial charge on any atom is 0.310 e. The van der Waals surface area contributed by atoms with Crippen LogP contribution < -0.4 is 5.32 Å². The highest BCUT2D eigenvalue weighted by molar-refractivity contribution is 6.30. The Balaban J connectivity index is 1.70. The second kappa shape index (κ2) is 9.64. The molecule has 1 aliphatic rings. The Morgan fingerprint density at radius 2 is 2.25 bits per heavy atom. The summed E-state index contributed by atoms with van der Waals surface area (Å²) in [5.74, 6) is -0.275. The minimum Gasteiger partial charge on any atom is -0.466 e. The molecule has 1 N–H and O–H groups in total. The molecule has 132 valence electrons. The Kier molecular flexibility index (Phi) is 7.53. The Morgan fingerprint density at radius 1 is 1.42 bits per heavy atom. The average molecular weight is 353 g/mol. The van der Waals surface area contributed by atoms with Gasteiger partial charge in [-0.1, -0.05) is 23.7 Å². The quantitative estimate of drug-likeness (QED) is 0.765. The first-order chi connectivity index (χ1) is 11.6. The smallest absolute Gasteiger partial charge is 0.310 e. The molecule has 1 fully saturated rings. The molecule has 1 aliphatic heterocycles. The molecule has 0 saturated carbocycles. The van der Waals surface area contributed by atoms with E-state index in [0.29, 0.717) is 31.3 Å². The molecule has 6 heteroatoms. The van der Waals surface area contributed by atoms with Crippen LogP contribution in [-0.2, 0) is 20.7 Å². The summed E-state index contributed by atoms with van der Waals surface area (Å²) < 4.78 is 5.08. The van der Waals surface area contributed by atoms with Gasteiger partial charge < -0.3 is 10.1 Å². The summed E-state index contributed by atoms with van der Waals surface area (Å²) in [6, 6.07) is 7.64. The molecule has 0 bridgehead atoms. The van der Waals surface area contributed by atoms with Gasteiger partial charge in [0.2, 0.25) is 5.91 Å². The number of carbonyl (C=O) groups excluding carboxylic acids is 2. The number of halogens is 1. The number of hydrogen-bond acceptors (Lipinski definition) is 4. The predicted octanol–water partition coefficient (Wildman–Crippen LogP) is 2.27. The Morgan fingerprint density at radius 3 is 3.00 bits per heavy atom. The van der Waals surface area contributed by atoms with E-state index in [0.717, 1.165) is 31.4 Å². The maximum absolute atomic E-state index is 12.1. The lowest BCUT2D eigenvalue weighted by molar-refractivity contribution is -0.150. The second-order valence-corrected chi connectivity index (χ2v) is 6.49. The Hall–Kier alpha value is -1.59. The highest BCUT2D eigenvalue weighted by Gasteiger charge is 2.27. The van der Waals surface area contributed by atoms with Crippen LogP contribution in [0.5, 0.6) is 0 Å². The van der Waals surface area contributed by atoms with Crippen LogP contribution in [-0.4, -0.2) is 49.6 Å². The van der Waals surface area contributed by atoms with Crippen molar-refractivity contribution in [3.8, 4) is 0 Å². The average Bonchev–Trinajstić information content (AvgIpc) is 2.55. The molecule has 0 unspecified atom stereocenters. The van der Waals surface area contributed by atoms with Crippen LogP contribution in [0.4, 0.5) is 0 Å². The van der Waals surface area contributed by atoms with Gasteiger partial charge in [0, 0.05) is 18.1 Å². The van der Waals surface area contributed by atoms with Crippen molar-refractivity contribution in [2.45, 2.75) is 26.2 Å². The summed E-state index contributed by atoms with van der Waals surface area (Å²) in [6.45, 7) is 4.56. The van der Waals surface area contributed by atoms with Crippen molar-refractivity contribution in [3.05, 3.63) is 34.9 Å². The number of nitrogens with zero attached hydrogens (tertiary/aromatic N) is 1. The first kappa shape index (κ1) is 18.7. The number of esters is 1. The SMILES string of the molecule is CCOC(=O)[C@H]1CCCN(CC(=O)NCCc2cccc(Cl)c2)C1. The minimum absolute atomic E-state index is 0.0125. The molecule has 1 heterocycles. The van der Waals surface area contributed by atoms with E-state index in [1.807, 2.05) is 36.1 Å². The fourth-order valence-electron chi connectivity index (χ4n) is 2.95. The van der Waals surface area contributed by atoms with E-state index in [1.165, 1.54) is 0 Å². The van der Waals surface area contributed by atoms with E-state index in [2.05, 4.69) is 5.32 Å². The minimum atomic E-state index is -0.149. The molecule has 1 aromatic carbocycles. The van der Waals surface area contributed by atoms with Crippen molar-refractivity contribution in [2.75, 3.05) is 32.8 Å². The largest absolute Gasteiger partial charge is 0.466 e. The molecule has 2 rings (SSSR count). The lowest BCUT2D eigenvalue weighted by Gasteiger charge is -2.30. The van der Waals surface area contributed by atoms with E-state index in [4.69, 9.17) is 16.3 Å². The van der Waals surface area contributed by atoms with Crippen molar-refractivity contribution in [1.29, 1.82) is 0 Å². The summed E-state index contributed by atoms with van der Waals surface area (Å²) in [6.07, 6.45) is 2.50. The monoisotopic (exact) mass is 352 g/mol. The molecule has 0 radical (unpaired) electrons. The van der Waals surface area contributed by atoms with Gasteiger partial charge in [-0.3, -0.25) is 14.5 Å². The lowest BCUT2D eigenvalue weighted by atomic mass is 9.98. The van der Waals surface area contributed by atoms with Crippen LogP contribution in [0.3, 0.4) is 0 Å². The molecule has 1 aromatic rings. The Labute approximate surface area is 148 Å². The van der Waals surface area contributed by atoms with Gasteiger partial charge in [-0.2, -0.15) is 0 Å². The molecule has 24 heavy (non-hydrogen) atoms. The zero-order valence-corrected chi connectivity index (χ0v) is 14.8. The number of carbonyl (C=O) groups is 2. The van der Waals surface area contributed by atoms with Gasteiger partial charge in [0.25, 0.3) is 0 Å². The molecule has 1 saturated heterocycles. The number of hydrogen-bond donors (Lipinski definition) is 1. The van der Waals surface area contributed by atoms with Gasteiger partial charge in [0.05, 0.1) is 19.1 Å². The topological polar surface area (TPSA) is 58.6 Å². The first-order valence-electron chi connectivity index (χ1n) is 8.48. The summed E-state index contributed by atoms with van der Waals surface area (Å²) in [7, 11) is 0. The van der Waals surface area contributed by atoms with E-state index < -0.39 is 0 Å². The molecule has 5 nitrogen and oxygen atoms in total. The molecule has 0 spiro atoms. The summed E-state index contributed by atoms with van der Waals surface area (Å²) >= 11 is 5.94. The van der Waals surface area contributed by atoms with E-state index in [1.54, 1.807) is 0 Å². The van der Waals surface area contributed by atoms with Gasteiger partial charge in [-0.15, -0.1) is 0 Å². The summed E-state index contributed by atoms with van der Waals surface area (Å²) in [5.41, 5.74) is 1.10. The predicted molar refractivity (Wildman–Crippen MR) is 94.0 cm³/mol. The van der Waals surface area contributed by atoms with Gasteiger partial charge in [0.15, 0.2) is 0 Å². The number of nitrogens with one attached hydrogen (secondary N) is 1. The maximum atomic E-state index is 12.1. The summed E-state index contributed by atoms with van der Waals surface area (Å²) in [5, 5.41) is 3.63. The molecular weight excluding hydrogens is 328 g/mol. The van der Waals surface area contributed by atoms with E-state index in [-0.39, 0.29) is 17.8 Å².